The van der Waals surface area contributed by atoms with Gasteiger partial charge in [-0.25, -0.2) is 4.98 Å². The highest BCUT2D eigenvalue weighted by Gasteiger charge is 2.18. The van der Waals surface area contributed by atoms with Crippen molar-refractivity contribution < 1.29 is 4.79 Å². The molecule has 23 heavy (non-hydrogen) atoms. The maximum atomic E-state index is 12.3. The lowest BCUT2D eigenvalue weighted by Gasteiger charge is -2.30. The number of hydrogen-bond donors (Lipinski definition) is 1. The number of amides is 1. The smallest absolute Gasteiger partial charge is 0.257 e. The number of nitrogens with one attached hydrogen (secondary N) is 1. The van der Waals surface area contributed by atoms with Crippen molar-refractivity contribution in [1.29, 1.82) is 0 Å². The Morgan fingerprint density at radius 3 is 3.04 bits per heavy atom. The lowest BCUT2D eigenvalue weighted by Crippen LogP contribution is -2.33. The summed E-state index contributed by atoms with van der Waals surface area (Å²) in [6.07, 6.45) is 2.59. The number of aryl methyl sites for hydroxylation is 1. The van der Waals surface area contributed by atoms with Crippen LogP contribution in [0.3, 0.4) is 0 Å². The van der Waals surface area contributed by atoms with Crippen molar-refractivity contribution in [3.63, 3.8) is 0 Å². The second kappa shape index (κ2) is 7.23. The average Bonchev–Trinajstić information content (AvgIpc) is 2.94. The molecule has 1 fully saturated rings. The number of aromatic nitrogens is 1. The van der Waals surface area contributed by atoms with E-state index in [2.05, 4.69) is 22.1 Å². The summed E-state index contributed by atoms with van der Waals surface area (Å²) in [4.78, 5) is 19.3. The minimum absolute atomic E-state index is 0.0874. The van der Waals surface area contributed by atoms with Gasteiger partial charge in [0.1, 0.15) is 0 Å². The van der Waals surface area contributed by atoms with Crippen LogP contribution in [0.5, 0.6) is 0 Å². The molecule has 1 aromatic heterocycles. The van der Waals surface area contributed by atoms with E-state index in [4.69, 9.17) is 0 Å². The molecule has 0 radical (unpaired) electrons. The minimum atomic E-state index is -0.0874. The molecule has 1 aliphatic heterocycles. The van der Waals surface area contributed by atoms with Gasteiger partial charge in [0.05, 0.1) is 5.69 Å². The van der Waals surface area contributed by atoms with Crippen LogP contribution >= 0.6 is 11.3 Å². The summed E-state index contributed by atoms with van der Waals surface area (Å²) in [6, 6.07) is 7.61. The summed E-state index contributed by atoms with van der Waals surface area (Å²) in [5.41, 5.74) is 2.72. The van der Waals surface area contributed by atoms with Crippen LogP contribution < -0.4 is 5.32 Å². The molecule has 0 spiro atoms. The second-order valence-electron chi connectivity index (χ2n) is 6.40. The first-order chi connectivity index (χ1) is 11.1. The Hall–Kier alpha value is -1.72. The molecule has 5 heteroatoms. The number of anilines is 1. The molecular formula is C18H23N3OS. The maximum absolute atomic E-state index is 12.3. The number of hydrogen-bond acceptors (Lipinski definition) is 4. The second-order valence-corrected chi connectivity index (χ2v) is 7.25. The number of likely N-dealkylation sites (tertiary alicyclic amines) is 1. The minimum Gasteiger partial charge on any atom is -0.298 e. The number of benzene rings is 1. The predicted molar refractivity (Wildman–Crippen MR) is 94.9 cm³/mol. The van der Waals surface area contributed by atoms with Crippen LogP contribution in [-0.2, 0) is 6.54 Å². The van der Waals surface area contributed by atoms with Gasteiger partial charge in [-0.15, -0.1) is 11.3 Å². The van der Waals surface area contributed by atoms with Crippen molar-refractivity contribution in [2.75, 3.05) is 18.4 Å². The van der Waals surface area contributed by atoms with Gasteiger partial charge in [0.15, 0.2) is 5.13 Å². The van der Waals surface area contributed by atoms with Crippen LogP contribution in [0, 0.1) is 12.8 Å². The number of carbonyl (C=O) groups is 1. The van der Waals surface area contributed by atoms with Crippen LogP contribution in [0.4, 0.5) is 5.13 Å². The highest BCUT2D eigenvalue weighted by Crippen LogP contribution is 2.21. The fourth-order valence-corrected chi connectivity index (χ4v) is 3.79. The molecule has 122 valence electrons. The van der Waals surface area contributed by atoms with Crippen molar-refractivity contribution >= 4 is 22.4 Å². The zero-order chi connectivity index (χ0) is 16.2. The zero-order valence-electron chi connectivity index (χ0n) is 13.7. The molecule has 0 saturated carbocycles. The summed E-state index contributed by atoms with van der Waals surface area (Å²) in [5, 5.41) is 5.64. The topological polar surface area (TPSA) is 45.2 Å². The first-order valence-electron chi connectivity index (χ1n) is 8.15. The Balaban J connectivity index is 1.61. The molecule has 1 unspecified atom stereocenters. The lowest BCUT2D eigenvalue weighted by atomic mass is 10.0. The average molecular weight is 329 g/mol. The molecule has 2 aromatic rings. The van der Waals surface area contributed by atoms with E-state index in [9.17, 15) is 4.79 Å². The molecular weight excluding hydrogens is 306 g/mol. The Labute approximate surface area is 141 Å². The lowest BCUT2D eigenvalue weighted by molar-refractivity contribution is 0.102. The third-order valence-corrected chi connectivity index (χ3v) is 5.10. The molecule has 2 heterocycles. The number of carbonyl (C=O) groups excluding carboxylic acids is 1. The third kappa shape index (κ3) is 4.18. The molecule has 1 aromatic carbocycles. The van der Waals surface area contributed by atoms with E-state index >= 15 is 0 Å². The van der Waals surface area contributed by atoms with Gasteiger partial charge in [-0.3, -0.25) is 15.0 Å². The van der Waals surface area contributed by atoms with Gasteiger partial charge in [0.25, 0.3) is 5.91 Å². The molecule has 1 saturated heterocycles. The summed E-state index contributed by atoms with van der Waals surface area (Å²) in [6.45, 7) is 7.41. The first-order valence-corrected chi connectivity index (χ1v) is 9.03. The van der Waals surface area contributed by atoms with Crippen molar-refractivity contribution in [2.24, 2.45) is 5.92 Å². The van der Waals surface area contributed by atoms with Crippen LogP contribution in [0.25, 0.3) is 0 Å². The molecule has 1 N–H and O–H groups in total. The van der Waals surface area contributed by atoms with Gasteiger partial charge in [-0.05, 0) is 43.9 Å². The van der Waals surface area contributed by atoms with E-state index in [1.54, 1.807) is 0 Å². The number of piperidine rings is 1. The number of rotatable bonds is 4. The highest BCUT2D eigenvalue weighted by atomic mass is 32.1. The van der Waals surface area contributed by atoms with E-state index in [0.717, 1.165) is 36.8 Å². The van der Waals surface area contributed by atoms with Crippen molar-refractivity contribution in [3.8, 4) is 0 Å². The molecule has 0 aliphatic carbocycles. The van der Waals surface area contributed by atoms with Gasteiger partial charge in [0.2, 0.25) is 0 Å². The molecule has 4 nitrogen and oxygen atoms in total. The van der Waals surface area contributed by atoms with E-state index in [0.29, 0.717) is 10.7 Å². The van der Waals surface area contributed by atoms with Gasteiger partial charge in [-0.1, -0.05) is 25.1 Å². The summed E-state index contributed by atoms with van der Waals surface area (Å²) < 4.78 is 0. The van der Waals surface area contributed by atoms with E-state index in [1.807, 2.05) is 36.6 Å². The fourth-order valence-electron chi connectivity index (χ4n) is 3.09. The number of thiazole rings is 1. The van der Waals surface area contributed by atoms with Gasteiger partial charge < -0.3 is 0 Å². The van der Waals surface area contributed by atoms with Crippen LogP contribution in [0.2, 0.25) is 0 Å². The standard InChI is InChI=1S/C18H23N3OS/c1-13-6-5-9-21(10-13)11-15-12-23-18(19-15)20-17(22)16-8-4-3-7-14(16)2/h3-4,7-8,12-13H,5-6,9-11H2,1-2H3,(H,19,20,22). The summed E-state index contributed by atoms with van der Waals surface area (Å²) >= 11 is 1.50. The Kier molecular flexibility index (Phi) is 5.08. The van der Waals surface area contributed by atoms with Crippen molar-refractivity contribution in [3.05, 3.63) is 46.5 Å². The maximum Gasteiger partial charge on any atom is 0.257 e. The molecule has 1 atom stereocenters. The first kappa shape index (κ1) is 16.1. The van der Waals surface area contributed by atoms with Crippen LogP contribution in [-0.4, -0.2) is 28.9 Å². The highest BCUT2D eigenvalue weighted by molar-refractivity contribution is 7.13. The van der Waals surface area contributed by atoms with Gasteiger partial charge in [0, 0.05) is 24.0 Å². The molecule has 1 aliphatic rings. The quantitative estimate of drug-likeness (QED) is 0.924. The van der Waals surface area contributed by atoms with E-state index in [-0.39, 0.29) is 5.91 Å². The third-order valence-electron chi connectivity index (χ3n) is 4.29. The van der Waals surface area contributed by atoms with Gasteiger partial charge >= 0.3 is 0 Å². The van der Waals surface area contributed by atoms with Crippen molar-refractivity contribution in [1.82, 2.24) is 9.88 Å². The molecule has 3 rings (SSSR count). The van der Waals surface area contributed by atoms with Gasteiger partial charge in [-0.2, -0.15) is 0 Å². The summed E-state index contributed by atoms with van der Waals surface area (Å²) in [5.74, 6) is 0.679. The van der Waals surface area contributed by atoms with E-state index in [1.165, 1.54) is 24.2 Å². The Morgan fingerprint density at radius 1 is 1.43 bits per heavy atom. The largest absolute Gasteiger partial charge is 0.298 e. The normalized spacial score (nSPS) is 18.8. The Morgan fingerprint density at radius 2 is 2.26 bits per heavy atom. The number of nitrogens with zero attached hydrogens (tertiary/aromatic N) is 2. The van der Waals surface area contributed by atoms with Crippen molar-refractivity contribution in [2.45, 2.75) is 33.2 Å². The fraction of sp³-hybridized carbons (Fsp3) is 0.444. The summed E-state index contributed by atoms with van der Waals surface area (Å²) in [7, 11) is 0. The van der Waals surface area contributed by atoms with Crippen LogP contribution in [0.1, 0.15) is 41.4 Å². The Bertz CT molecular complexity index is 682. The molecule has 0 bridgehead atoms. The van der Waals surface area contributed by atoms with E-state index < -0.39 is 0 Å². The predicted octanol–water partition coefficient (Wildman–Crippen LogP) is 3.94. The molecule has 1 amide bonds. The monoisotopic (exact) mass is 329 g/mol. The SMILES string of the molecule is Cc1ccccc1C(=O)Nc1nc(CN2CCCC(C)C2)cs1. The van der Waals surface area contributed by atoms with Crippen LogP contribution in [0.15, 0.2) is 29.6 Å². The zero-order valence-corrected chi connectivity index (χ0v) is 14.5.